The van der Waals surface area contributed by atoms with E-state index in [-0.39, 0.29) is 11.8 Å². The molecule has 0 aliphatic rings. The second-order valence-electron chi connectivity index (χ2n) is 6.39. The van der Waals surface area contributed by atoms with Crippen molar-refractivity contribution in [2.24, 2.45) is 0 Å². The Labute approximate surface area is 170 Å². The Kier molecular flexibility index (Phi) is 4.81. The van der Waals surface area contributed by atoms with Gasteiger partial charge in [0.05, 0.1) is 21.9 Å². The molecule has 0 saturated heterocycles. The summed E-state index contributed by atoms with van der Waals surface area (Å²) in [6.07, 6.45) is 0. The van der Waals surface area contributed by atoms with Crippen LogP contribution in [0, 0.1) is 18.3 Å². The van der Waals surface area contributed by atoms with Crippen molar-refractivity contribution in [3.8, 4) is 6.07 Å². The number of hydrogen-bond donors (Lipinski definition) is 3. The minimum atomic E-state index is -0.284. The number of fused-ring (bicyclic) bond motifs is 1. The fourth-order valence-corrected chi connectivity index (χ4v) is 3.62. The molecule has 0 spiro atoms. The van der Waals surface area contributed by atoms with Crippen LogP contribution in [0.3, 0.4) is 0 Å². The van der Waals surface area contributed by atoms with Crippen LogP contribution >= 0.6 is 11.3 Å². The third kappa shape index (κ3) is 3.85. The Hall–Kier alpha value is -3.96. The van der Waals surface area contributed by atoms with E-state index in [9.17, 15) is 9.59 Å². The monoisotopic (exact) mass is 401 g/mol. The van der Waals surface area contributed by atoms with Crippen LogP contribution in [0.15, 0.2) is 54.6 Å². The molecule has 4 rings (SSSR count). The van der Waals surface area contributed by atoms with E-state index in [0.29, 0.717) is 37.7 Å². The molecule has 0 fully saturated rings. The molecule has 142 valence electrons. The number of amides is 2. The van der Waals surface area contributed by atoms with Gasteiger partial charge in [0.25, 0.3) is 11.8 Å². The molecule has 2 aromatic carbocycles. The van der Waals surface area contributed by atoms with E-state index in [4.69, 9.17) is 5.26 Å². The first-order chi connectivity index (χ1) is 14.0. The highest BCUT2D eigenvalue weighted by Gasteiger charge is 2.17. The van der Waals surface area contributed by atoms with Crippen molar-refractivity contribution in [2.45, 2.75) is 6.92 Å². The van der Waals surface area contributed by atoms with Crippen molar-refractivity contribution in [3.05, 3.63) is 76.2 Å². The predicted molar refractivity (Wildman–Crippen MR) is 112 cm³/mol. The second-order valence-corrected chi connectivity index (χ2v) is 7.42. The fraction of sp³-hybridized carbons (Fsp3) is 0.0476. The number of carbonyl (C=O) groups excluding carboxylic acids is 2. The molecular weight excluding hydrogens is 386 g/mol. The van der Waals surface area contributed by atoms with Gasteiger partial charge in [-0.3, -0.25) is 14.7 Å². The molecule has 2 heterocycles. The first-order valence-electron chi connectivity index (χ1n) is 8.71. The number of thiophene rings is 1. The third-order valence-electron chi connectivity index (χ3n) is 4.30. The number of carbonyl (C=O) groups is 2. The molecule has 0 unspecified atom stereocenters. The number of H-pyrrole nitrogens is 1. The van der Waals surface area contributed by atoms with Gasteiger partial charge >= 0.3 is 0 Å². The van der Waals surface area contributed by atoms with Crippen LogP contribution in [0.25, 0.3) is 10.2 Å². The summed E-state index contributed by atoms with van der Waals surface area (Å²) in [6.45, 7) is 1.95. The molecule has 29 heavy (non-hydrogen) atoms. The number of aryl methyl sites for hydroxylation is 1. The van der Waals surface area contributed by atoms with Crippen molar-refractivity contribution in [2.75, 3.05) is 10.6 Å². The Morgan fingerprint density at radius 3 is 2.45 bits per heavy atom. The van der Waals surface area contributed by atoms with Crippen LogP contribution in [-0.4, -0.2) is 22.0 Å². The van der Waals surface area contributed by atoms with Gasteiger partial charge in [0.2, 0.25) is 0 Å². The number of benzene rings is 2. The van der Waals surface area contributed by atoms with E-state index in [1.54, 1.807) is 42.5 Å². The Bertz CT molecular complexity index is 1250. The number of hydrogen-bond acceptors (Lipinski definition) is 5. The molecule has 7 nitrogen and oxygen atoms in total. The highest BCUT2D eigenvalue weighted by Crippen LogP contribution is 2.30. The molecular formula is C21H15N5O2S. The summed E-state index contributed by atoms with van der Waals surface area (Å²) >= 11 is 1.22. The van der Waals surface area contributed by atoms with Gasteiger partial charge in [0.1, 0.15) is 10.6 Å². The summed E-state index contributed by atoms with van der Waals surface area (Å²) in [5.74, 6) is -0.0990. The highest BCUT2D eigenvalue weighted by atomic mass is 32.1. The van der Waals surface area contributed by atoms with Crippen LogP contribution in [0.1, 0.15) is 31.2 Å². The van der Waals surface area contributed by atoms with Crippen LogP contribution in [0.5, 0.6) is 0 Å². The minimum Gasteiger partial charge on any atom is -0.321 e. The zero-order valence-corrected chi connectivity index (χ0v) is 16.1. The van der Waals surface area contributed by atoms with E-state index < -0.39 is 0 Å². The van der Waals surface area contributed by atoms with Gasteiger partial charge < -0.3 is 10.6 Å². The maximum Gasteiger partial charge on any atom is 0.265 e. The first kappa shape index (κ1) is 18.4. The van der Waals surface area contributed by atoms with E-state index in [0.717, 1.165) is 5.56 Å². The van der Waals surface area contributed by atoms with Crippen LogP contribution in [0.2, 0.25) is 0 Å². The average Bonchev–Trinajstić information content (AvgIpc) is 3.31. The molecule has 0 bridgehead atoms. The smallest absolute Gasteiger partial charge is 0.265 e. The number of aromatic amines is 1. The molecule has 2 aromatic heterocycles. The third-order valence-corrected chi connectivity index (χ3v) is 5.33. The fourth-order valence-electron chi connectivity index (χ4n) is 2.73. The molecule has 4 aromatic rings. The number of aromatic nitrogens is 2. The minimum absolute atomic E-state index is 0.259. The molecule has 3 N–H and O–H groups in total. The van der Waals surface area contributed by atoms with E-state index >= 15 is 0 Å². The highest BCUT2D eigenvalue weighted by molar-refractivity contribution is 7.20. The number of nitriles is 1. The zero-order chi connectivity index (χ0) is 20.4. The van der Waals surface area contributed by atoms with Gasteiger partial charge in [0.15, 0.2) is 0 Å². The topological polar surface area (TPSA) is 111 Å². The van der Waals surface area contributed by atoms with Crippen molar-refractivity contribution in [3.63, 3.8) is 0 Å². The zero-order valence-electron chi connectivity index (χ0n) is 15.3. The quantitative estimate of drug-likeness (QED) is 0.473. The maximum absolute atomic E-state index is 12.5. The van der Waals surface area contributed by atoms with Gasteiger partial charge in [-0.25, -0.2) is 0 Å². The van der Waals surface area contributed by atoms with Crippen LogP contribution in [0.4, 0.5) is 11.5 Å². The van der Waals surface area contributed by atoms with Gasteiger partial charge in [-0.1, -0.05) is 17.7 Å². The SMILES string of the molecule is Cc1ccc(C(=O)Nc2[nH]nc3sc(C(=O)Nc4ccc(C#N)cc4)cc23)cc1. The first-order valence-corrected chi connectivity index (χ1v) is 9.52. The molecule has 0 aliphatic carbocycles. The van der Waals surface area contributed by atoms with Crippen LogP contribution < -0.4 is 10.6 Å². The lowest BCUT2D eigenvalue weighted by Crippen LogP contribution is -2.12. The number of anilines is 2. The largest absolute Gasteiger partial charge is 0.321 e. The summed E-state index contributed by atoms with van der Waals surface area (Å²) in [5, 5.41) is 22.1. The van der Waals surface area contributed by atoms with Gasteiger partial charge in [-0.05, 0) is 49.4 Å². The standard InChI is InChI=1S/C21H15N5O2S/c1-12-2-6-14(7-3-12)19(27)24-18-16-10-17(29-21(16)26-25-18)20(28)23-15-8-4-13(11-22)5-9-15/h2-10H,1H3,(H,23,28)(H2,24,25,26,27). The maximum atomic E-state index is 12.5. The molecule has 0 radical (unpaired) electrons. The van der Waals surface area contributed by atoms with Gasteiger partial charge in [-0.2, -0.15) is 10.4 Å². The Balaban J connectivity index is 1.52. The number of nitrogens with one attached hydrogen (secondary N) is 3. The Morgan fingerprint density at radius 2 is 1.76 bits per heavy atom. The summed E-state index contributed by atoms with van der Waals surface area (Å²) in [6, 6.07) is 17.6. The van der Waals surface area contributed by atoms with Gasteiger partial charge in [-0.15, -0.1) is 11.3 Å². The number of nitrogens with zero attached hydrogens (tertiary/aromatic N) is 2. The molecule has 0 saturated carbocycles. The lowest BCUT2D eigenvalue weighted by molar-refractivity contribution is 0.102. The van der Waals surface area contributed by atoms with E-state index in [1.165, 1.54) is 11.3 Å². The van der Waals surface area contributed by atoms with Crippen molar-refractivity contribution in [1.29, 1.82) is 5.26 Å². The number of rotatable bonds is 4. The van der Waals surface area contributed by atoms with Crippen molar-refractivity contribution < 1.29 is 9.59 Å². The molecule has 0 atom stereocenters. The van der Waals surface area contributed by atoms with Gasteiger partial charge in [0, 0.05) is 11.3 Å². The second kappa shape index (κ2) is 7.58. The predicted octanol–water partition coefficient (Wildman–Crippen LogP) is 4.31. The van der Waals surface area contributed by atoms with Crippen molar-refractivity contribution in [1.82, 2.24) is 10.2 Å². The summed E-state index contributed by atoms with van der Waals surface area (Å²) in [5.41, 5.74) is 2.72. The summed E-state index contributed by atoms with van der Waals surface area (Å²) in [4.78, 5) is 26.1. The lowest BCUT2D eigenvalue weighted by Gasteiger charge is -2.04. The Morgan fingerprint density at radius 1 is 1.03 bits per heavy atom. The molecule has 2 amide bonds. The lowest BCUT2D eigenvalue weighted by atomic mass is 10.1. The van der Waals surface area contributed by atoms with E-state index in [2.05, 4.69) is 20.8 Å². The summed E-state index contributed by atoms with van der Waals surface area (Å²) in [7, 11) is 0. The van der Waals surface area contributed by atoms with Crippen molar-refractivity contribution >= 4 is 44.9 Å². The summed E-state index contributed by atoms with van der Waals surface area (Å²) < 4.78 is 0. The van der Waals surface area contributed by atoms with E-state index in [1.807, 2.05) is 25.1 Å². The average molecular weight is 401 g/mol. The molecule has 0 aliphatic heterocycles. The van der Waals surface area contributed by atoms with Crippen LogP contribution in [-0.2, 0) is 0 Å². The molecule has 8 heteroatoms. The normalized spacial score (nSPS) is 10.5.